The molecule has 0 aliphatic carbocycles. The number of pyridine rings is 1. The summed E-state index contributed by atoms with van der Waals surface area (Å²) in [5.74, 6) is 0.525. The quantitative estimate of drug-likeness (QED) is 0.276. The predicted molar refractivity (Wildman–Crippen MR) is 135 cm³/mol. The van der Waals surface area contributed by atoms with Gasteiger partial charge < -0.3 is 15.0 Å². The van der Waals surface area contributed by atoms with Gasteiger partial charge in [-0.15, -0.1) is 0 Å². The van der Waals surface area contributed by atoms with E-state index < -0.39 is 23.5 Å². The summed E-state index contributed by atoms with van der Waals surface area (Å²) < 4.78 is 85.9. The number of rotatable bonds is 4. The first-order valence-electron chi connectivity index (χ1n) is 12.1. The number of morpholine rings is 1. The monoisotopic (exact) mass is 547 g/mol. The molecule has 3 heterocycles. The first kappa shape index (κ1) is 26.7. The van der Waals surface area contributed by atoms with Crippen molar-refractivity contribution in [2.75, 3.05) is 23.3 Å². The Balaban J connectivity index is 1.62. The van der Waals surface area contributed by atoms with E-state index in [2.05, 4.69) is 20.3 Å². The van der Waals surface area contributed by atoms with Crippen molar-refractivity contribution in [3.63, 3.8) is 0 Å². The lowest BCUT2D eigenvalue weighted by Gasteiger charge is -2.35. The Hall–Kier alpha value is -3.93. The zero-order chi connectivity index (χ0) is 27.9. The Kier molecular flexibility index (Phi) is 6.83. The third-order valence-corrected chi connectivity index (χ3v) is 6.23. The van der Waals surface area contributed by atoms with Crippen molar-refractivity contribution in [2.45, 2.75) is 38.4 Å². The molecule has 1 aliphatic heterocycles. The van der Waals surface area contributed by atoms with Crippen LogP contribution >= 0.6 is 0 Å². The minimum atomic E-state index is -4.58. The highest BCUT2D eigenvalue weighted by Gasteiger charge is 2.34. The van der Waals surface area contributed by atoms with Gasteiger partial charge in [-0.3, -0.25) is 0 Å². The smallest absolute Gasteiger partial charge is 0.372 e. The van der Waals surface area contributed by atoms with Gasteiger partial charge in [0, 0.05) is 24.3 Å². The molecule has 2 aromatic carbocycles. The summed E-state index contributed by atoms with van der Waals surface area (Å²) in [4.78, 5) is 15.5. The number of ether oxygens (including phenoxy) is 1. The number of anilines is 3. The van der Waals surface area contributed by atoms with Crippen LogP contribution in [0.15, 0.2) is 60.7 Å². The Labute approximate surface area is 219 Å². The van der Waals surface area contributed by atoms with Crippen molar-refractivity contribution >= 4 is 28.5 Å². The van der Waals surface area contributed by atoms with E-state index in [4.69, 9.17) is 4.74 Å². The first-order valence-corrected chi connectivity index (χ1v) is 12.1. The molecule has 1 saturated heterocycles. The van der Waals surface area contributed by atoms with Crippen LogP contribution in [0.5, 0.6) is 0 Å². The molecule has 0 spiro atoms. The Morgan fingerprint density at radius 2 is 1.46 bits per heavy atom. The summed E-state index contributed by atoms with van der Waals surface area (Å²) in [6, 6.07) is 12.6. The van der Waals surface area contributed by atoms with Gasteiger partial charge in [0.1, 0.15) is 5.82 Å². The highest BCUT2D eigenvalue weighted by atomic mass is 19.4. The van der Waals surface area contributed by atoms with E-state index in [1.807, 2.05) is 18.7 Å². The van der Waals surface area contributed by atoms with Crippen molar-refractivity contribution < 1.29 is 31.1 Å². The first-order chi connectivity index (χ1) is 18.4. The maximum atomic E-state index is 13.7. The zero-order valence-corrected chi connectivity index (χ0v) is 20.8. The Morgan fingerprint density at radius 3 is 2.10 bits per heavy atom. The molecule has 1 N–H and O–H groups in total. The van der Waals surface area contributed by atoms with Crippen molar-refractivity contribution in [2.24, 2.45) is 0 Å². The molecule has 204 valence electrons. The average molecular weight is 548 g/mol. The number of aromatic nitrogens is 3. The minimum absolute atomic E-state index is 0.0734. The van der Waals surface area contributed by atoms with E-state index in [9.17, 15) is 26.3 Å². The van der Waals surface area contributed by atoms with E-state index in [1.54, 1.807) is 6.07 Å². The molecule has 5 rings (SSSR count). The van der Waals surface area contributed by atoms with Gasteiger partial charge in [-0.2, -0.15) is 36.3 Å². The van der Waals surface area contributed by atoms with Gasteiger partial charge in [-0.05, 0) is 56.3 Å². The van der Waals surface area contributed by atoms with Crippen LogP contribution in [0.25, 0.3) is 22.3 Å². The number of nitrogens with zero attached hydrogens (tertiary/aromatic N) is 4. The topological polar surface area (TPSA) is 63.2 Å². The molecule has 39 heavy (non-hydrogen) atoms. The predicted octanol–water partition coefficient (Wildman–Crippen LogP) is 7.09. The number of halogens is 6. The van der Waals surface area contributed by atoms with Gasteiger partial charge in [0.15, 0.2) is 5.65 Å². The lowest BCUT2D eigenvalue weighted by Crippen LogP contribution is -2.46. The standard InChI is InChI=1S/C27H23F6N5O/c1-15-13-38(14-16(2)39-15)25-36-23(34-18-9-7-17(8-10-18)26(28,29)30)20-11-12-22(35-24(20)37-25)19-5-3-4-6-21(19)27(31,32)33/h3-12,15-16H,13-14H2,1-2H3,(H,34,35,36,37). The highest BCUT2D eigenvalue weighted by Crippen LogP contribution is 2.37. The summed E-state index contributed by atoms with van der Waals surface area (Å²) >= 11 is 0. The number of nitrogens with one attached hydrogen (secondary N) is 1. The van der Waals surface area contributed by atoms with Crippen LogP contribution in [0.2, 0.25) is 0 Å². The number of fused-ring (bicyclic) bond motifs is 1. The Morgan fingerprint density at radius 1 is 0.795 bits per heavy atom. The third-order valence-electron chi connectivity index (χ3n) is 6.23. The van der Waals surface area contributed by atoms with Gasteiger partial charge >= 0.3 is 12.4 Å². The highest BCUT2D eigenvalue weighted by molar-refractivity contribution is 5.91. The lowest BCUT2D eigenvalue weighted by atomic mass is 10.0. The van der Waals surface area contributed by atoms with Crippen molar-refractivity contribution in [1.82, 2.24) is 15.0 Å². The average Bonchev–Trinajstić information content (AvgIpc) is 2.87. The van der Waals surface area contributed by atoms with Gasteiger partial charge in [0.25, 0.3) is 0 Å². The molecular formula is C27H23F6N5O. The zero-order valence-electron chi connectivity index (χ0n) is 20.8. The van der Waals surface area contributed by atoms with Gasteiger partial charge in [0.05, 0.1) is 34.4 Å². The molecule has 2 atom stereocenters. The van der Waals surface area contributed by atoms with Crippen molar-refractivity contribution in [3.8, 4) is 11.3 Å². The summed E-state index contributed by atoms with van der Waals surface area (Å²) in [6.45, 7) is 4.73. The molecule has 0 bridgehead atoms. The van der Waals surface area contributed by atoms with E-state index in [1.165, 1.54) is 36.4 Å². The number of hydrogen-bond donors (Lipinski definition) is 1. The Bertz CT molecular complexity index is 1480. The molecule has 1 aliphatic rings. The number of alkyl halides is 6. The van der Waals surface area contributed by atoms with E-state index in [0.29, 0.717) is 24.2 Å². The van der Waals surface area contributed by atoms with Crippen LogP contribution in [0, 0.1) is 0 Å². The number of hydrogen-bond acceptors (Lipinski definition) is 6. The molecule has 6 nitrogen and oxygen atoms in total. The normalized spacial score (nSPS) is 18.4. The summed E-state index contributed by atoms with van der Waals surface area (Å²) in [5, 5.41) is 3.42. The summed E-state index contributed by atoms with van der Waals surface area (Å²) in [5.41, 5.74) is -1.18. The second kappa shape index (κ2) is 9.99. The molecule has 1 fully saturated rings. The van der Waals surface area contributed by atoms with Gasteiger partial charge in [-0.25, -0.2) is 4.98 Å². The maximum absolute atomic E-state index is 13.7. The van der Waals surface area contributed by atoms with Crippen LogP contribution in [0.3, 0.4) is 0 Å². The number of benzene rings is 2. The lowest BCUT2D eigenvalue weighted by molar-refractivity contribution is -0.138. The molecule has 0 amide bonds. The SMILES string of the molecule is CC1CN(c2nc(Nc3ccc(C(F)(F)F)cc3)c3ccc(-c4ccccc4C(F)(F)F)nc3n2)CC(C)O1. The molecule has 4 aromatic rings. The van der Waals surface area contributed by atoms with Crippen LogP contribution in [0.4, 0.5) is 43.8 Å². The maximum Gasteiger partial charge on any atom is 0.417 e. The second-order valence-corrected chi connectivity index (χ2v) is 9.35. The fourth-order valence-corrected chi connectivity index (χ4v) is 4.56. The van der Waals surface area contributed by atoms with Crippen LogP contribution in [-0.2, 0) is 17.1 Å². The van der Waals surface area contributed by atoms with Gasteiger partial charge in [-0.1, -0.05) is 18.2 Å². The van der Waals surface area contributed by atoms with E-state index in [0.717, 1.165) is 18.2 Å². The van der Waals surface area contributed by atoms with Crippen LogP contribution < -0.4 is 10.2 Å². The molecule has 2 aromatic heterocycles. The van der Waals surface area contributed by atoms with E-state index in [-0.39, 0.29) is 40.9 Å². The molecular weight excluding hydrogens is 524 g/mol. The molecule has 0 radical (unpaired) electrons. The summed E-state index contributed by atoms with van der Waals surface area (Å²) in [6.07, 6.45) is -9.32. The third kappa shape index (κ3) is 5.75. The summed E-state index contributed by atoms with van der Waals surface area (Å²) in [7, 11) is 0. The van der Waals surface area contributed by atoms with Crippen molar-refractivity contribution in [3.05, 3.63) is 71.8 Å². The minimum Gasteiger partial charge on any atom is -0.372 e. The van der Waals surface area contributed by atoms with Crippen LogP contribution in [-0.4, -0.2) is 40.2 Å². The molecule has 12 heteroatoms. The van der Waals surface area contributed by atoms with Crippen LogP contribution in [0.1, 0.15) is 25.0 Å². The second-order valence-electron chi connectivity index (χ2n) is 9.35. The van der Waals surface area contributed by atoms with Gasteiger partial charge in [0.2, 0.25) is 5.95 Å². The fourth-order valence-electron chi connectivity index (χ4n) is 4.56. The molecule has 0 saturated carbocycles. The van der Waals surface area contributed by atoms with Crippen molar-refractivity contribution in [1.29, 1.82) is 0 Å². The largest absolute Gasteiger partial charge is 0.417 e. The molecule has 2 unspecified atom stereocenters. The van der Waals surface area contributed by atoms with E-state index >= 15 is 0 Å². The fraction of sp³-hybridized carbons (Fsp3) is 0.296.